The second-order valence-corrected chi connectivity index (χ2v) is 9.00. The second-order valence-electron chi connectivity index (χ2n) is 8.06. The molecule has 0 atom stereocenters. The monoisotopic (exact) mass is 452 g/mol. The smallest absolute Gasteiger partial charge is 0.271 e. The first-order valence-corrected chi connectivity index (χ1v) is 12.1. The molecule has 0 unspecified atom stereocenters. The van der Waals surface area contributed by atoms with Gasteiger partial charge in [-0.1, -0.05) is 45.1 Å². The van der Waals surface area contributed by atoms with Crippen LogP contribution in [0.1, 0.15) is 66.5 Å². The van der Waals surface area contributed by atoms with Gasteiger partial charge < -0.3 is 9.64 Å². The zero-order valence-corrected chi connectivity index (χ0v) is 20.0. The Balaban J connectivity index is 1.48. The first-order valence-electron chi connectivity index (χ1n) is 11.3. The Labute approximate surface area is 194 Å². The number of pyridine rings is 2. The van der Waals surface area contributed by atoms with Gasteiger partial charge >= 0.3 is 0 Å². The predicted octanol–water partition coefficient (Wildman–Crippen LogP) is 5.63. The Morgan fingerprint density at radius 2 is 1.81 bits per heavy atom. The van der Waals surface area contributed by atoms with Crippen molar-refractivity contribution in [2.45, 2.75) is 51.9 Å². The lowest BCUT2D eigenvalue weighted by Gasteiger charge is -2.09. The van der Waals surface area contributed by atoms with Gasteiger partial charge in [0.15, 0.2) is 0 Å². The normalized spacial score (nSPS) is 10.8. The van der Waals surface area contributed by atoms with Crippen LogP contribution in [0.5, 0.6) is 5.88 Å². The SMILES string of the molecule is CCCCCCCCOc1ccc(Cc2nc(-c3ccc(C(=O)N(C)C)nc3)cs2)cn1. The van der Waals surface area contributed by atoms with Crippen LogP contribution in [-0.2, 0) is 6.42 Å². The minimum absolute atomic E-state index is 0.109. The number of carbonyl (C=O) groups is 1. The molecule has 0 radical (unpaired) electrons. The van der Waals surface area contributed by atoms with Crippen molar-refractivity contribution in [3.05, 3.63) is 58.3 Å². The minimum Gasteiger partial charge on any atom is -0.478 e. The van der Waals surface area contributed by atoms with Crippen molar-refractivity contribution in [2.75, 3.05) is 20.7 Å². The van der Waals surface area contributed by atoms with E-state index in [1.165, 1.54) is 37.0 Å². The van der Waals surface area contributed by atoms with Crippen LogP contribution in [0, 0.1) is 0 Å². The van der Waals surface area contributed by atoms with Crippen molar-refractivity contribution in [3.63, 3.8) is 0 Å². The maximum Gasteiger partial charge on any atom is 0.271 e. The number of amides is 1. The standard InChI is InChI=1S/C25H32N4O2S/c1-4-5-6-7-8-9-14-31-23-13-10-19(16-27-23)15-24-28-22(18-32-24)20-11-12-21(26-17-20)25(30)29(2)3/h10-13,16-18H,4-9,14-15H2,1-3H3. The molecular weight excluding hydrogens is 420 g/mol. The number of aromatic nitrogens is 3. The molecular formula is C25H32N4O2S. The van der Waals surface area contributed by atoms with Gasteiger partial charge in [-0.15, -0.1) is 11.3 Å². The fourth-order valence-electron chi connectivity index (χ4n) is 3.26. The van der Waals surface area contributed by atoms with Crippen LogP contribution in [0.25, 0.3) is 11.3 Å². The average Bonchev–Trinajstić information content (AvgIpc) is 3.27. The van der Waals surface area contributed by atoms with Gasteiger partial charge in [0.05, 0.1) is 17.3 Å². The van der Waals surface area contributed by atoms with E-state index in [1.807, 2.05) is 29.8 Å². The molecule has 3 heterocycles. The van der Waals surface area contributed by atoms with Crippen molar-refractivity contribution in [3.8, 4) is 17.1 Å². The van der Waals surface area contributed by atoms with E-state index < -0.39 is 0 Å². The molecule has 0 fully saturated rings. The third-order valence-electron chi connectivity index (χ3n) is 5.14. The summed E-state index contributed by atoms with van der Waals surface area (Å²) in [5.41, 5.74) is 3.30. The lowest BCUT2D eigenvalue weighted by molar-refractivity contribution is 0.0822. The molecule has 0 bridgehead atoms. The van der Waals surface area contributed by atoms with E-state index in [0.717, 1.165) is 41.3 Å². The molecule has 1 amide bonds. The van der Waals surface area contributed by atoms with Gasteiger partial charge in [-0.05, 0) is 24.1 Å². The molecule has 0 aromatic carbocycles. The summed E-state index contributed by atoms with van der Waals surface area (Å²) in [6.07, 6.45) is 11.8. The highest BCUT2D eigenvalue weighted by Gasteiger charge is 2.11. The highest BCUT2D eigenvalue weighted by molar-refractivity contribution is 7.10. The lowest BCUT2D eigenvalue weighted by atomic mass is 10.1. The molecule has 0 saturated heterocycles. The number of ether oxygens (including phenoxy) is 1. The summed E-state index contributed by atoms with van der Waals surface area (Å²) >= 11 is 1.61. The molecule has 170 valence electrons. The first-order chi connectivity index (χ1) is 15.6. The number of rotatable bonds is 12. The lowest BCUT2D eigenvalue weighted by Crippen LogP contribution is -2.22. The summed E-state index contributed by atoms with van der Waals surface area (Å²) in [5.74, 6) is 0.572. The summed E-state index contributed by atoms with van der Waals surface area (Å²) in [4.78, 5) is 26.9. The van der Waals surface area contributed by atoms with Crippen molar-refractivity contribution in [1.29, 1.82) is 0 Å². The van der Waals surface area contributed by atoms with Crippen molar-refractivity contribution < 1.29 is 9.53 Å². The maximum atomic E-state index is 12.0. The average molecular weight is 453 g/mol. The quantitative estimate of drug-likeness (QED) is 0.333. The van der Waals surface area contributed by atoms with Gasteiger partial charge in [-0.3, -0.25) is 9.78 Å². The van der Waals surface area contributed by atoms with Crippen LogP contribution in [0.15, 0.2) is 42.0 Å². The van der Waals surface area contributed by atoms with E-state index >= 15 is 0 Å². The molecule has 3 aromatic rings. The fourth-order valence-corrected chi connectivity index (χ4v) is 4.10. The van der Waals surface area contributed by atoms with Crippen molar-refractivity contribution in [2.24, 2.45) is 0 Å². The number of nitrogens with zero attached hydrogens (tertiary/aromatic N) is 4. The third kappa shape index (κ3) is 7.12. The van der Waals surface area contributed by atoms with Gasteiger partial charge in [0.2, 0.25) is 5.88 Å². The molecule has 0 aliphatic carbocycles. The number of thiazole rings is 1. The topological polar surface area (TPSA) is 68.2 Å². The molecule has 0 aliphatic heterocycles. The molecule has 6 nitrogen and oxygen atoms in total. The van der Waals surface area contributed by atoms with E-state index in [0.29, 0.717) is 11.6 Å². The molecule has 7 heteroatoms. The Hall–Kier alpha value is -2.80. The van der Waals surface area contributed by atoms with E-state index in [4.69, 9.17) is 9.72 Å². The summed E-state index contributed by atoms with van der Waals surface area (Å²) in [5, 5.41) is 3.03. The largest absolute Gasteiger partial charge is 0.478 e. The molecule has 3 aromatic heterocycles. The Bertz CT molecular complexity index is 968. The molecule has 0 spiro atoms. The minimum atomic E-state index is -0.109. The van der Waals surface area contributed by atoms with Gasteiger partial charge in [0.1, 0.15) is 5.69 Å². The molecule has 0 N–H and O–H groups in total. The van der Waals surface area contributed by atoms with Gasteiger partial charge in [-0.2, -0.15) is 0 Å². The van der Waals surface area contributed by atoms with E-state index in [9.17, 15) is 4.79 Å². The van der Waals surface area contributed by atoms with Crippen LogP contribution in [0.2, 0.25) is 0 Å². The van der Waals surface area contributed by atoms with Crippen LogP contribution in [0.4, 0.5) is 0 Å². The van der Waals surface area contributed by atoms with Crippen molar-refractivity contribution >= 4 is 17.2 Å². The molecule has 0 saturated carbocycles. The van der Waals surface area contributed by atoms with E-state index in [1.54, 1.807) is 37.7 Å². The second kappa shape index (κ2) is 12.3. The van der Waals surface area contributed by atoms with E-state index in [2.05, 4.69) is 16.9 Å². The number of carbonyl (C=O) groups excluding carboxylic acids is 1. The van der Waals surface area contributed by atoms with Crippen molar-refractivity contribution in [1.82, 2.24) is 19.9 Å². The zero-order valence-electron chi connectivity index (χ0n) is 19.2. The Morgan fingerprint density at radius 1 is 1.00 bits per heavy atom. The van der Waals surface area contributed by atoms with Gasteiger partial charge in [0, 0.05) is 49.9 Å². The fraction of sp³-hybridized carbons (Fsp3) is 0.440. The highest BCUT2D eigenvalue weighted by atomic mass is 32.1. The Kier molecular flexibility index (Phi) is 9.16. The van der Waals surface area contributed by atoms with Crippen LogP contribution >= 0.6 is 11.3 Å². The first kappa shape index (κ1) is 23.9. The molecule has 0 aliphatic rings. The van der Waals surface area contributed by atoms with Gasteiger partial charge in [-0.25, -0.2) is 9.97 Å². The summed E-state index contributed by atoms with van der Waals surface area (Å²) < 4.78 is 5.76. The van der Waals surface area contributed by atoms with Crippen LogP contribution in [0.3, 0.4) is 0 Å². The van der Waals surface area contributed by atoms with Crippen LogP contribution in [-0.4, -0.2) is 46.5 Å². The zero-order chi connectivity index (χ0) is 22.8. The summed E-state index contributed by atoms with van der Waals surface area (Å²) in [6, 6.07) is 7.61. The highest BCUT2D eigenvalue weighted by Crippen LogP contribution is 2.23. The summed E-state index contributed by atoms with van der Waals surface area (Å²) in [7, 11) is 3.43. The number of hydrogen-bond donors (Lipinski definition) is 0. The van der Waals surface area contributed by atoms with Crippen LogP contribution < -0.4 is 4.74 Å². The summed E-state index contributed by atoms with van der Waals surface area (Å²) in [6.45, 7) is 2.96. The van der Waals surface area contributed by atoms with Gasteiger partial charge in [0.25, 0.3) is 5.91 Å². The maximum absolute atomic E-state index is 12.0. The Morgan fingerprint density at radius 3 is 2.50 bits per heavy atom. The third-order valence-corrected chi connectivity index (χ3v) is 5.99. The van der Waals surface area contributed by atoms with E-state index in [-0.39, 0.29) is 5.91 Å². The predicted molar refractivity (Wildman–Crippen MR) is 129 cm³/mol. The number of hydrogen-bond acceptors (Lipinski definition) is 6. The molecule has 3 rings (SSSR count). The molecule has 32 heavy (non-hydrogen) atoms. The number of unbranched alkanes of at least 4 members (excludes halogenated alkanes) is 5.